The Balaban J connectivity index is 1.64. The van der Waals surface area contributed by atoms with Gasteiger partial charge in [-0.3, -0.25) is 9.59 Å². The van der Waals surface area contributed by atoms with Crippen molar-refractivity contribution in [1.29, 1.82) is 0 Å². The molecule has 1 atom stereocenters. The summed E-state index contributed by atoms with van der Waals surface area (Å²) in [6.07, 6.45) is 0.657. The summed E-state index contributed by atoms with van der Waals surface area (Å²) in [5.74, 6) is -0.349. The zero-order valence-electron chi connectivity index (χ0n) is 19.3. The Labute approximate surface area is 209 Å². The molecule has 0 aromatic heterocycles. The van der Waals surface area contributed by atoms with Crippen LogP contribution >= 0.6 is 11.6 Å². The first-order valence-electron chi connectivity index (χ1n) is 11.3. The number of carbonyl (C=O) groups excluding carboxylic acids is 1. The molecule has 0 fully saturated rings. The van der Waals surface area contributed by atoms with Gasteiger partial charge in [0.1, 0.15) is 5.75 Å². The molecule has 0 spiro atoms. The molecule has 0 unspecified atom stereocenters. The van der Waals surface area contributed by atoms with Crippen molar-refractivity contribution in [3.8, 4) is 5.75 Å². The van der Waals surface area contributed by atoms with Crippen LogP contribution in [0, 0.1) is 0 Å². The Hall–Kier alpha value is -3.83. The molecule has 0 saturated heterocycles. The van der Waals surface area contributed by atoms with Crippen LogP contribution in [0.4, 0.5) is 0 Å². The van der Waals surface area contributed by atoms with E-state index in [0.29, 0.717) is 10.6 Å². The van der Waals surface area contributed by atoms with Gasteiger partial charge in [0.15, 0.2) is 0 Å². The lowest BCUT2D eigenvalue weighted by Gasteiger charge is -2.20. The van der Waals surface area contributed by atoms with Crippen LogP contribution in [0.25, 0.3) is 10.8 Å². The fourth-order valence-corrected chi connectivity index (χ4v) is 4.25. The Morgan fingerprint density at radius 3 is 2.23 bits per heavy atom. The highest BCUT2D eigenvalue weighted by atomic mass is 35.5. The van der Waals surface area contributed by atoms with Gasteiger partial charge in [-0.15, -0.1) is 0 Å². The van der Waals surface area contributed by atoms with E-state index in [4.69, 9.17) is 21.4 Å². The number of hydrogen-bond donors (Lipinski definition) is 2. The molecule has 0 saturated carbocycles. The van der Waals surface area contributed by atoms with Crippen LogP contribution in [0.2, 0.25) is 5.02 Å². The minimum atomic E-state index is -0.945. The van der Waals surface area contributed by atoms with Gasteiger partial charge in [0.2, 0.25) is 0 Å². The molecule has 0 aliphatic carbocycles. The van der Waals surface area contributed by atoms with Crippen molar-refractivity contribution in [3.63, 3.8) is 0 Å². The molecule has 4 aromatic rings. The van der Waals surface area contributed by atoms with E-state index in [9.17, 15) is 9.59 Å². The molecule has 4 rings (SSSR count). The molecule has 0 bridgehead atoms. The third kappa shape index (κ3) is 6.19. The first-order valence-corrected chi connectivity index (χ1v) is 11.7. The molecule has 0 heterocycles. The molecular formula is C29H26ClNO4. The molecular weight excluding hydrogens is 462 g/mol. The van der Waals surface area contributed by atoms with Crippen molar-refractivity contribution < 1.29 is 19.4 Å². The van der Waals surface area contributed by atoms with Gasteiger partial charge in [-0.25, -0.2) is 0 Å². The molecule has 4 aromatic carbocycles. The molecule has 2 N–H and O–H groups in total. The molecule has 178 valence electrons. The highest BCUT2D eigenvalue weighted by Gasteiger charge is 2.17. The number of benzene rings is 4. The van der Waals surface area contributed by atoms with Crippen LogP contribution in [0.1, 0.15) is 39.4 Å². The minimum absolute atomic E-state index is 0.0619. The highest BCUT2D eigenvalue weighted by molar-refractivity contribution is 6.30. The lowest BCUT2D eigenvalue weighted by atomic mass is 9.84. The van der Waals surface area contributed by atoms with Gasteiger partial charge < -0.3 is 15.2 Å². The monoisotopic (exact) mass is 487 g/mol. The molecule has 6 heteroatoms. The first-order chi connectivity index (χ1) is 16.9. The number of amides is 1. The topological polar surface area (TPSA) is 75.6 Å². The number of ether oxygens (including phenoxy) is 1. The number of nitrogens with one attached hydrogen (secondary N) is 1. The molecule has 1 amide bonds. The number of fused-ring (bicyclic) bond motifs is 1. The predicted molar refractivity (Wildman–Crippen MR) is 139 cm³/mol. The van der Waals surface area contributed by atoms with E-state index in [1.54, 1.807) is 19.2 Å². The zero-order chi connectivity index (χ0) is 24.8. The van der Waals surface area contributed by atoms with E-state index in [-0.39, 0.29) is 24.8 Å². The lowest BCUT2D eigenvalue weighted by molar-refractivity contribution is -0.136. The van der Waals surface area contributed by atoms with Gasteiger partial charge >= 0.3 is 5.97 Å². The van der Waals surface area contributed by atoms with E-state index in [2.05, 4.69) is 29.6 Å². The van der Waals surface area contributed by atoms with Crippen LogP contribution in [0.15, 0.2) is 84.9 Å². The van der Waals surface area contributed by atoms with Gasteiger partial charge in [-0.05, 0) is 70.3 Å². The number of carboxylic acids is 1. The summed E-state index contributed by atoms with van der Waals surface area (Å²) >= 11 is 6.09. The Morgan fingerprint density at radius 2 is 1.54 bits per heavy atom. The fourth-order valence-electron chi connectivity index (χ4n) is 4.12. The second-order valence-electron chi connectivity index (χ2n) is 8.38. The Kier molecular flexibility index (Phi) is 7.68. The maximum absolute atomic E-state index is 12.4. The third-order valence-electron chi connectivity index (χ3n) is 6.03. The van der Waals surface area contributed by atoms with Crippen LogP contribution in [-0.2, 0) is 11.2 Å². The van der Waals surface area contributed by atoms with Gasteiger partial charge in [-0.1, -0.05) is 60.1 Å². The number of rotatable bonds is 9. The van der Waals surface area contributed by atoms with Crippen molar-refractivity contribution in [1.82, 2.24) is 5.32 Å². The SMILES string of the molecule is COc1ccc2cc([C@@H](Cc3ccc(Cl)cc3)c3ccc(C(=O)NCCC(=O)O)cc3)ccc2c1. The Bertz CT molecular complexity index is 1330. The summed E-state index contributed by atoms with van der Waals surface area (Å²) in [7, 11) is 1.66. The highest BCUT2D eigenvalue weighted by Crippen LogP contribution is 2.32. The molecule has 0 aliphatic rings. The van der Waals surface area contributed by atoms with E-state index in [0.717, 1.165) is 39.6 Å². The summed E-state index contributed by atoms with van der Waals surface area (Å²) < 4.78 is 5.35. The number of methoxy groups -OCH3 is 1. The van der Waals surface area contributed by atoms with Crippen molar-refractivity contribution in [2.75, 3.05) is 13.7 Å². The van der Waals surface area contributed by atoms with Crippen molar-refractivity contribution >= 4 is 34.2 Å². The van der Waals surface area contributed by atoms with Crippen LogP contribution in [-0.4, -0.2) is 30.6 Å². The zero-order valence-corrected chi connectivity index (χ0v) is 20.1. The van der Waals surface area contributed by atoms with E-state index in [1.807, 2.05) is 48.5 Å². The molecule has 0 radical (unpaired) electrons. The quantitative estimate of drug-likeness (QED) is 0.300. The number of aliphatic carboxylic acids is 1. The van der Waals surface area contributed by atoms with Crippen LogP contribution in [0.5, 0.6) is 5.75 Å². The van der Waals surface area contributed by atoms with Gasteiger partial charge in [0, 0.05) is 23.0 Å². The van der Waals surface area contributed by atoms with Crippen molar-refractivity contribution in [2.24, 2.45) is 0 Å². The number of halogens is 1. The second-order valence-corrected chi connectivity index (χ2v) is 8.81. The van der Waals surface area contributed by atoms with Gasteiger partial charge in [0.25, 0.3) is 5.91 Å². The maximum Gasteiger partial charge on any atom is 0.305 e. The predicted octanol–water partition coefficient (Wildman–Crippen LogP) is 6.08. The summed E-state index contributed by atoms with van der Waals surface area (Å²) in [6.45, 7) is 0.0942. The first kappa shape index (κ1) is 24.3. The number of carbonyl (C=O) groups is 2. The third-order valence-corrected chi connectivity index (χ3v) is 6.28. The van der Waals surface area contributed by atoms with Crippen molar-refractivity contribution in [3.05, 3.63) is 112 Å². The summed E-state index contributed by atoms with van der Waals surface area (Å²) in [6, 6.07) is 27.8. The molecule has 35 heavy (non-hydrogen) atoms. The van der Waals surface area contributed by atoms with Gasteiger partial charge in [-0.2, -0.15) is 0 Å². The summed E-state index contributed by atoms with van der Waals surface area (Å²) in [5.41, 5.74) is 3.89. The maximum atomic E-state index is 12.4. The molecule has 5 nitrogen and oxygen atoms in total. The fraction of sp³-hybridized carbons (Fsp3) is 0.172. The Morgan fingerprint density at radius 1 is 0.886 bits per heavy atom. The number of carboxylic acid groups (broad SMARTS) is 1. The van der Waals surface area contributed by atoms with Crippen LogP contribution < -0.4 is 10.1 Å². The van der Waals surface area contributed by atoms with Crippen LogP contribution in [0.3, 0.4) is 0 Å². The lowest BCUT2D eigenvalue weighted by Crippen LogP contribution is -2.25. The smallest absolute Gasteiger partial charge is 0.305 e. The van der Waals surface area contributed by atoms with E-state index in [1.165, 1.54) is 0 Å². The second kappa shape index (κ2) is 11.1. The number of hydrogen-bond acceptors (Lipinski definition) is 3. The largest absolute Gasteiger partial charge is 0.497 e. The summed E-state index contributed by atoms with van der Waals surface area (Å²) in [5, 5.41) is 14.3. The normalized spacial score (nSPS) is 11.7. The minimum Gasteiger partial charge on any atom is -0.497 e. The van der Waals surface area contributed by atoms with Crippen molar-refractivity contribution in [2.45, 2.75) is 18.8 Å². The van der Waals surface area contributed by atoms with E-state index < -0.39 is 5.97 Å². The average molecular weight is 488 g/mol. The molecule has 0 aliphatic heterocycles. The average Bonchev–Trinajstić information content (AvgIpc) is 2.87. The summed E-state index contributed by atoms with van der Waals surface area (Å²) in [4.78, 5) is 23.1. The van der Waals surface area contributed by atoms with E-state index >= 15 is 0 Å². The standard InChI is InChI=1S/C29H26ClNO4/c1-35-26-13-10-22-17-24(9-8-23(22)18-26)27(16-19-2-11-25(30)12-3-19)20-4-6-21(7-5-20)29(34)31-15-14-28(32)33/h2-13,17-18,27H,14-16H2,1H3,(H,31,34)(H,32,33)/t27-/m0/s1. The van der Waals surface area contributed by atoms with Gasteiger partial charge in [0.05, 0.1) is 13.5 Å².